The molecule has 1 saturated heterocycles. The van der Waals surface area contributed by atoms with Crippen LogP contribution in [0, 0.1) is 5.92 Å². The number of carbonyl (C=O) groups excluding carboxylic acids is 5. The molecule has 1 aliphatic rings. The first-order valence-corrected chi connectivity index (χ1v) is 13.8. The van der Waals surface area contributed by atoms with Gasteiger partial charge in [0, 0.05) is 11.5 Å². The molecule has 0 aliphatic carbocycles. The lowest BCUT2D eigenvalue weighted by Gasteiger charge is -2.28. The molecule has 0 bridgehead atoms. The fourth-order valence-electron chi connectivity index (χ4n) is 2.95. The van der Waals surface area contributed by atoms with Gasteiger partial charge in [0.1, 0.15) is 30.7 Å². The van der Waals surface area contributed by atoms with E-state index in [9.17, 15) is 39.0 Å². The summed E-state index contributed by atoms with van der Waals surface area (Å²) in [5.41, 5.74) is 5.85. The van der Waals surface area contributed by atoms with Crippen LogP contribution in [0.4, 0.5) is 0 Å². The summed E-state index contributed by atoms with van der Waals surface area (Å²) < 4.78 is 0. The smallest absolute Gasteiger partial charge is 0.322 e. The van der Waals surface area contributed by atoms with E-state index in [-0.39, 0.29) is 11.5 Å². The molecule has 1 unspecified atom stereocenters. The first-order valence-electron chi connectivity index (χ1n) is 11.3. The number of aliphatic hydroxyl groups excluding tert-OH is 2. The molecule has 0 saturated carbocycles. The Balaban J connectivity index is 3.29. The highest BCUT2D eigenvalue weighted by Gasteiger charge is 2.35. The van der Waals surface area contributed by atoms with Crippen LogP contribution in [0.5, 0.6) is 0 Å². The number of carboxylic acid groups (broad SMARTS) is 1. The molecule has 1 aliphatic heterocycles. The maximum Gasteiger partial charge on any atom is 0.322 e. The Bertz CT molecular complexity index is 860. The lowest BCUT2D eigenvalue weighted by molar-refractivity contribution is -0.139. The highest BCUT2D eigenvalue weighted by Crippen LogP contribution is 2.23. The number of rotatable bonds is 6. The molecule has 37 heavy (non-hydrogen) atoms. The molecule has 1 fully saturated rings. The van der Waals surface area contributed by atoms with Crippen molar-refractivity contribution < 1.29 is 44.1 Å². The highest BCUT2D eigenvalue weighted by atomic mass is 33.1. The van der Waals surface area contributed by atoms with Crippen LogP contribution < -0.4 is 32.3 Å². The number of carboxylic acids is 1. The molecule has 0 aromatic rings. The van der Waals surface area contributed by atoms with Crippen molar-refractivity contribution in [2.24, 2.45) is 11.7 Å². The average Bonchev–Trinajstić information content (AvgIpc) is 2.82. The number of carbonyl (C=O) groups is 6. The van der Waals surface area contributed by atoms with Crippen molar-refractivity contribution in [2.45, 2.75) is 57.1 Å². The van der Waals surface area contributed by atoms with Gasteiger partial charge >= 0.3 is 5.97 Å². The Hall–Kier alpha value is -2.60. The SMILES string of the molecule is CC(C)C1NC(=O)[C@H](CO)NC(=O)[C@@H](N)CSSC[C@@H](C(=O)NCC(=O)O)NC(=O)[C@H]([C@@H](C)O)NC1=O. The molecule has 15 nitrogen and oxygen atoms in total. The van der Waals surface area contributed by atoms with Crippen LogP contribution in [0.25, 0.3) is 0 Å². The molecule has 1 rings (SSSR count). The molecular formula is C20H34N6O9S2. The molecular weight excluding hydrogens is 532 g/mol. The maximum absolute atomic E-state index is 13.0. The molecule has 0 aromatic carbocycles. The van der Waals surface area contributed by atoms with Crippen molar-refractivity contribution in [1.82, 2.24) is 26.6 Å². The van der Waals surface area contributed by atoms with Gasteiger partial charge in [-0.25, -0.2) is 0 Å². The number of aliphatic carboxylic acids is 1. The molecule has 5 amide bonds. The lowest BCUT2D eigenvalue weighted by Crippen LogP contribution is -2.62. The second kappa shape index (κ2) is 15.6. The van der Waals surface area contributed by atoms with Gasteiger partial charge in [-0.3, -0.25) is 28.8 Å². The summed E-state index contributed by atoms with van der Waals surface area (Å²) in [6.45, 7) is 2.96. The predicted molar refractivity (Wildman–Crippen MR) is 135 cm³/mol. The van der Waals surface area contributed by atoms with E-state index in [0.717, 1.165) is 21.6 Å². The summed E-state index contributed by atoms with van der Waals surface area (Å²) >= 11 is 0. The fraction of sp³-hybridized carbons (Fsp3) is 0.700. The van der Waals surface area contributed by atoms with Gasteiger partial charge in [0.15, 0.2) is 0 Å². The van der Waals surface area contributed by atoms with Crippen LogP contribution in [0.15, 0.2) is 0 Å². The fourth-order valence-corrected chi connectivity index (χ4v) is 5.24. The number of nitrogens with two attached hydrogens (primary N) is 1. The van der Waals surface area contributed by atoms with Crippen molar-refractivity contribution in [2.75, 3.05) is 24.7 Å². The van der Waals surface area contributed by atoms with E-state index in [0.29, 0.717) is 0 Å². The van der Waals surface area contributed by atoms with Crippen molar-refractivity contribution in [1.29, 1.82) is 0 Å². The van der Waals surface area contributed by atoms with E-state index in [4.69, 9.17) is 10.8 Å². The Morgan fingerprint density at radius 2 is 1.51 bits per heavy atom. The minimum atomic E-state index is -1.53. The maximum atomic E-state index is 13.0. The van der Waals surface area contributed by atoms with Crippen LogP contribution in [0.2, 0.25) is 0 Å². The van der Waals surface area contributed by atoms with E-state index in [2.05, 4.69) is 26.6 Å². The first kappa shape index (κ1) is 32.4. The van der Waals surface area contributed by atoms with Gasteiger partial charge < -0.3 is 47.6 Å². The van der Waals surface area contributed by atoms with Crippen LogP contribution in [-0.2, 0) is 28.8 Å². The monoisotopic (exact) mass is 566 g/mol. The van der Waals surface area contributed by atoms with E-state index >= 15 is 0 Å². The molecule has 210 valence electrons. The zero-order chi connectivity index (χ0) is 28.3. The van der Waals surface area contributed by atoms with Crippen LogP contribution in [-0.4, -0.2) is 112 Å². The number of amides is 5. The highest BCUT2D eigenvalue weighted by molar-refractivity contribution is 8.76. The standard InChI is InChI=1S/C20H34N6O9S2/c1-8(2)14-19(34)26-15(9(3)28)20(35)24-12(17(32)22-4-13(29)30)7-37-36-6-10(21)16(31)23-11(5-27)18(33)25-14/h8-12,14-15,27-28H,4-7,21H2,1-3H3,(H,22,32)(H,23,31)(H,24,35)(H,25,33)(H,26,34)(H,29,30)/t9-,10+,11+,12+,14?,15+/m1/s1. The van der Waals surface area contributed by atoms with Crippen LogP contribution >= 0.6 is 21.6 Å². The largest absolute Gasteiger partial charge is 0.480 e. The quantitative estimate of drug-likeness (QED) is 0.139. The third-order valence-electron chi connectivity index (χ3n) is 5.07. The van der Waals surface area contributed by atoms with Gasteiger partial charge in [-0.1, -0.05) is 35.4 Å². The van der Waals surface area contributed by atoms with E-state index in [1.54, 1.807) is 13.8 Å². The van der Waals surface area contributed by atoms with E-state index < -0.39 is 90.9 Å². The third kappa shape index (κ3) is 10.7. The average molecular weight is 567 g/mol. The molecule has 0 spiro atoms. The summed E-state index contributed by atoms with van der Waals surface area (Å²) in [7, 11) is 2.12. The van der Waals surface area contributed by atoms with Gasteiger partial charge in [-0.05, 0) is 12.8 Å². The Morgan fingerprint density at radius 3 is 2.05 bits per heavy atom. The first-order chi connectivity index (χ1) is 17.3. The zero-order valence-corrected chi connectivity index (χ0v) is 22.2. The predicted octanol–water partition coefficient (Wildman–Crippen LogP) is -4.12. The normalized spacial score (nSPS) is 27.7. The second-order valence-electron chi connectivity index (χ2n) is 8.55. The molecule has 0 radical (unpaired) electrons. The number of aliphatic hydroxyl groups is 2. The van der Waals surface area contributed by atoms with E-state index in [1.165, 1.54) is 6.92 Å². The van der Waals surface area contributed by atoms with Crippen molar-refractivity contribution in [3.05, 3.63) is 0 Å². The van der Waals surface area contributed by atoms with E-state index in [1.807, 2.05) is 0 Å². The molecule has 0 aromatic heterocycles. The van der Waals surface area contributed by atoms with Gasteiger partial charge in [-0.2, -0.15) is 0 Å². The summed E-state index contributed by atoms with van der Waals surface area (Å²) in [5.74, 6) is -6.06. The molecule has 10 N–H and O–H groups in total. The van der Waals surface area contributed by atoms with Gasteiger partial charge in [0.25, 0.3) is 0 Å². The topological polar surface area (TPSA) is 249 Å². The molecule has 17 heteroatoms. The lowest BCUT2D eigenvalue weighted by atomic mass is 10.0. The Kier molecular flexibility index (Phi) is 13.7. The van der Waals surface area contributed by atoms with Crippen molar-refractivity contribution >= 4 is 57.1 Å². The number of hydrogen-bond donors (Lipinski definition) is 9. The molecule has 6 atom stereocenters. The molecule has 1 heterocycles. The third-order valence-corrected chi connectivity index (χ3v) is 7.52. The van der Waals surface area contributed by atoms with Gasteiger partial charge in [0.2, 0.25) is 29.5 Å². The summed E-state index contributed by atoms with van der Waals surface area (Å²) in [6.07, 6.45) is -1.42. The summed E-state index contributed by atoms with van der Waals surface area (Å²) in [5, 5.41) is 40.2. The Morgan fingerprint density at radius 1 is 0.946 bits per heavy atom. The number of nitrogens with one attached hydrogen (secondary N) is 5. The minimum Gasteiger partial charge on any atom is -0.480 e. The summed E-state index contributed by atoms with van der Waals surface area (Å²) in [6, 6.07) is -6.53. The Labute approximate surface area is 221 Å². The van der Waals surface area contributed by atoms with Crippen molar-refractivity contribution in [3.63, 3.8) is 0 Å². The minimum absolute atomic E-state index is 0.0264. The van der Waals surface area contributed by atoms with Crippen molar-refractivity contribution in [3.8, 4) is 0 Å². The second-order valence-corrected chi connectivity index (χ2v) is 11.1. The van der Waals surface area contributed by atoms with Gasteiger partial charge in [0.05, 0.1) is 18.8 Å². The number of hydrogen-bond acceptors (Lipinski definition) is 11. The zero-order valence-electron chi connectivity index (χ0n) is 20.6. The summed E-state index contributed by atoms with van der Waals surface area (Å²) in [4.78, 5) is 74.3. The van der Waals surface area contributed by atoms with Gasteiger partial charge in [-0.15, -0.1) is 0 Å². The van der Waals surface area contributed by atoms with Crippen LogP contribution in [0.3, 0.4) is 0 Å². The van der Waals surface area contributed by atoms with Crippen LogP contribution in [0.1, 0.15) is 20.8 Å².